The van der Waals surface area contributed by atoms with Gasteiger partial charge in [-0.1, -0.05) is 115 Å². The fourth-order valence-electron chi connectivity index (χ4n) is 5.28. The Morgan fingerprint density at radius 3 is 1.70 bits per heavy atom. The Balaban J connectivity index is 2.16. The topological polar surface area (TPSA) is 21.7 Å². The maximum Gasteiger partial charge on any atom is 0.168 e. The van der Waals surface area contributed by atoms with Gasteiger partial charge in [-0.2, -0.15) is 0 Å². The second-order valence-electron chi connectivity index (χ2n) is 11.8. The van der Waals surface area contributed by atoms with Crippen LogP contribution in [-0.2, 0) is 9.47 Å². The normalized spacial score (nSPS) is 20.3. The Kier molecular flexibility index (Phi) is 22.7. The summed E-state index contributed by atoms with van der Waals surface area (Å²) in [6.07, 6.45) is 37.9. The van der Waals surface area contributed by atoms with Gasteiger partial charge in [-0.25, -0.2) is 0 Å². The van der Waals surface area contributed by atoms with Crippen molar-refractivity contribution < 1.29 is 9.47 Å². The Labute approximate surface area is 232 Å². The molecule has 1 heterocycles. The quantitative estimate of drug-likeness (QED) is 0.0838. The van der Waals surface area contributed by atoms with E-state index in [9.17, 15) is 0 Å². The van der Waals surface area contributed by atoms with Gasteiger partial charge in [-0.05, 0) is 65.5 Å². The van der Waals surface area contributed by atoms with Gasteiger partial charge in [0.05, 0.1) is 12.7 Å². The van der Waals surface area contributed by atoms with Crippen LogP contribution in [0.5, 0.6) is 0 Å². The van der Waals surface area contributed by atoms with Crippen molar-refractivity contribution in [2.24, 2.45) is 0 Å². The second-order valence-corrected chi connectivity index (χ2v) is 11.8. The lowest BCUT2D eigenvalue weighted by Crippen LogP contribution is -2.31. The summed E-state index contributed by atoms with van der Waals surface area (Å²) in [6.45, 7) is 6.42. The molecule has 1 rings (SSSR count). The highest BCUT2D eigenvalue weighted by molar-refractivity contribution is 4.92. The van der Waals surface area contributed by atoms with Crippen LogP contribution in [0, 0.1) is 0 Å². The maximum absolute atomic E-state index is 6.61. The maximum atomic E-state index is 6.61. The molecule has 1 unspecified atom stereocenters. The van der Waals surface area contributed by atoms with Crippen LogP contribution in [0.3, 0.4) is 0 Å². The molecule has 2 atom stereocenters. The third-order valence-electron chi connectivity index (χ3n) is 7.73. The van der Waals surface area contributed by atoms with E-state index in [0.717, 1.165) is 38.8 Å². The Bertz CT molecular complexity index is 544. The molecule has 0 radical (unpaired) electrons. The van der Waals surface area contributed by atoms with Crippen LogP contribution in [-0.4, -0.2) is 44.0 Å². The minimum atomic E-state index is -0.296. The summed E-state index contributed by atoms with van der Waals surface area (Å²) in [5.41, 5.74) is 0. The lowest BCUT2D eigenvalue weighted by atomic mass is 9.98. The van der Waals surface area contributed by atoms with E-state index in [1.165, 1.54) is 116 Å². The van der Waals surface area contributed by atoms with E-state index in [0.29, 0.717) is 0 Å². The van der Waals surface area contributed by atoms with E-state index in [1.807, 2.05) is 0 Å². The fourth-order valence-corrected chi connectivity index (χ4v) is 5.28. The van der Waals surface area contributed by atoms with Gasteiger partial charge in [0.25, 0.3) is 0 Å². The molecular formula is C34H65NO2. The molecule has 1 aliphatic rings. The first-order valence-corrected chi connectivity index (χ1v) is 16.4. The van der Waals surface area contributed by atoms with Crippen molar-refractivity contribution in [3.8, 4) is 0 Å². The summed E-state index contributed by atoms with van der Waals surface area (Å²) in [7, 11) is 4.29. The van der Waals surface area contributed by atoms with E-state index in [2.05, 4.69) is 57.1 Å². The molecule has 1 fully saturated rings. The molecule has 0 aromatic rings. The molecule has 37 heavy (non-hydrogen) atoms. The molecular weight excluding hydrogens is 454 g/mol. The number of rotatable bonds is 26. The fraction of sp³-hybridized carbons (Fsp3) is 0.882. The first kappa shape index (κ1) is 34.4. The molecule has 0 spiro atoms. The zero-order valence-electron chi connectivity index (χ0n) is 25.6. The van der Waals surface area contributed by atoms with Gasteiger partial charge < -0.3 is 14.4 Å². The molecule has 0 amide bonds. The molecule has 0 bridgehead atoms. The van der Waals surface area contributed by atoms with Gasteiger partial charge in [0.2, 0.25) is 0 Å². The molecule has 0 aromatic carbocycles. The Morgan fingerprint density at radius 1 is 0.649 bits per heavy atom. The molecule has 0 N–H and O–H groups in total. The van der Waals surface area contributed by atoms with Crippen LogP contribution in [0.2, 0.25) is 0 Å². The zero-order valence-corrected chi connectivity index (χ0v) is 25.6. The molecule has 1 saturated heterocycles. The monoisotopic (exact) mass is 520 g/mol. The van der Waals surface area contributed by atoms with Crippen molar-refractivity contribution in [2.75, 3.05) is 27.2 Å². The highest BCUT2D eigenvalue weighted by Gasteiger charge is 2.40. The lowest BCUT2D eigenvalue weighted by Gasteiger charge is -2.29. The lowest BCUT2D eigenvalue weighted by molar-refractivity contribution is -0.180. The van der Waals surface area contributed by atoms with Gasteiger partial charge in [-0.15, -0.1) is 0 Å². The standard InChI is InChI=1S/C34H65NO2/c1-5-7-9-11-13-14-15-16-17-18-19-20-21-23-25-27-30-34(29-26-24-22-12-10-8-6-2)36-32-33(37-34)28-31-35(3)4/h13-14,16-17,33H,5-12,15,18-32H2,1-4H3/b14-13-,17-16-/t33?,34-/m0/s1. The van der Waals surface area contributed by atoms with Gasteiger partial charge in [0.1, 0.15) is 0 Å². The van der Waals surface area contributed by atoms with Crippen LogP contribution in [0.4, 0.5) is 0 Å². The summed E-state index contributed by atoms with van der Waals surface area (Å²) < 4.78 is 13.0. The highest BCUT2D eigenvalue weighted by atomic mass is 16.7. The average molecular weight is 520 g/mol. The van der Waals surface area contributed by atoms with Crippen LogP contribution in [0.1, 0.15) is 155 Å². The first-order valence-electron chi connectivity index (χ1n) is 16.4. The summed E-state index contributed by atoms with van der Waals surface area (Å²) in [6, 6.07) is 0. The number of hydrogen-bond donors (Lipinski definition) is 0. The van der Waals surface area contributed by atoms with Crippen LogP contribution in [0.15, 0.2) is 24.3 Å². The van der Waals surface area contributed by atoms with Crippen molar-refractivity contribution in [3.63, 3.8) is 0 Å². The molecule has 0 aliphatic carbocycles. The summed E-state index contributed by atoms with van der Waals surface area (Å²) in [5.74, 6) is -0.296. The Hall–Kier alpha value is -0.640. The molecule has 218 valence electrons. The first-order chi connectivity index (χ1) is 18.1. The molecule has 1 aliphatic heterocycles. The molecule has 0 saturated carbocycles. The van der Waals surface area contributed by atoms with Gasteiger partial charge in [-0.3, -0.25) is 0 Å². The summed E-state index contributed by atoms with van der Waals surface area (Å²) in [5, 5.41) is 0. The minimum Gasteiger partial charge on any atom is -0.347 e. The van der Waals surface area contributed by atoms with Crippen LogP contribution < -0.4 is 0 Å². The van der Waals surface area contributed by atoms with E-state index >= 15 is 0 Å². The smallest absolute Gasteiger partial charge is 0.168 e. The Morgan fingerprint density at radius 2 is 1.14 bits per heavy atom. The molecule has 3 heteroatoms. The van der Waals surface area contributed by atoms with E-state index in [4.69, 9.17) is 9.47 Å². The van der Waals surface area contributed by atoms with Gasteiger partial charge in [0.15, 0.2) is 5.79 Å². The van der Waals surface area contributed by atoms with Crippen molar-refractivity contribution in [3.05, 3.63) is 24.3 Å². The number of nitrogens with zero attached hydrogens (tertiary/aromatic N) is 1. The van der Waals surface area contributed by atoms with Crippen molar-refractivity contribution in [2.45, 2.75) is 167 Å². The largest absolute Gasteiger partial charge is 0.347 e. The number of hydrogen-bond acceptors (Lipinski definition) is 3. The molecule has 3 nitrogen and oxygen atoms in total. The van der Waals surface area contributed by atoms with E-state index in [1.54, 1.807) is 0 Å². The SMILES string of the molecule is CCCCC/C=C\C/C=C\CCCCCCCC[C@@]1(CCCCCCCCC)OCC(CCN(C)C)O1. The predicted molar refractivity (Wildman–Crippen MR) is 163 cm³/mol. The predicted octanol–water partition coefficient (Wildman–Crippen LogP) is 10.4. The van der Waals surface area contributed by atoms with Crippen molar-refractivity contribution in [1.29, 1.82) is 0 Å². The van der Waals surface area contributed by atoms with Crippen LogP contribution >= 0.6 is 0 Å². The second kappa shape index (κ2) is 24.4. The summed E-state index contributed by atoms with van der Waals surface area (Å²) in [4.78, 5) is 2.25. The third kappa shape index (κ3) is 20.0. The minimum absolute atomic E-state index is 0.275. The van der Waals surface area contributed by atoms with Crippen LogP contribution in [0.25, 0.3) is 0 Å². The zero-order chi connectivity index (χ0) is 26.9. The van der Waals surface area contributed by atoms with Crippen molar-refractivity contribution in [1.82, 2.24) is 4.90 Å². The number of allylic oxidation sites excluding steroid dienone is 4. The van der Waals surface area contributed by atoms with Gasteiger partial charge >= 0.3 is 0 Å². The van der Waals surface area contributed by atoms with E-state index in [-0.39, 0.29) is 11.9 Å². The summed E-state index contributed by atoms with van der Waals surface area (Å²) >= 11 is 0. The van der Waals surface area contributed by atoms with Crippen molar-refractivity contribution >= 4 is 0 Å². The van der Waals surface area contributed by atoms with E-state index < -0.39 is 0 Å². The number of ether oxygens (including phenoxy) is 2. The third-order valence-corrected chi connectivity index (χ3v) is 7.73. The average Bonchev–Trinajstić information content (AvgIpc) is 3.30. The number of unbranched alkanes of at least 4 members (excludes halogenated alkanes) is 15. The highest BCUT2D eigenvalue weighted by Crippen LogP contribution is 2.35. The van der Waals surface area contributed by atoms with Gasteiger partial charge in [0, 0.05) is 19.4 Å². The molecule has 0 aromatic heterocycles.